The van der Waals surface area contributed by atoms with Crippen molar-refractivity contribution in [1.29, 1.82) is 0 Å². The van der Waals surface area contributed by atoms with Crippen molar-refractivity contribution in [2.75, 3.05) is 0 Å². The first-order valence-corrected chi connectivity index (χ1v) is 7.47. The van der Waals surface area contributed by atoms with Crippen LogP contribution < -0.4 is 5.73 Å². The highest BCUT2D eigenvalue weighted by molar-refractivity contribution is 5.71. The SMILES string of the molecule is CC1CCC(OC(=O)CC2(N)CCCC2)CC1C. The summed E-state index contributed by atoms with van der Waals surface area (Å²) in [6.45, 7) is 4.54. The summed E-state index contributed by atoms with van der Waals surface area (Å²) >= 11 is 0. The molecular formula is C15H27NO2. The number of ether oxygens (including phenoxy) is 1. The Hall–Kier alpha value is -0.570. The lowest BCUT2D eigenvalue weighted by Gasteiger charge is -2.32. The molecule has 0 bridgehead atoms. The molecule has 2 N–H and O–H groups in total. The van der Waals surface area contributed by atoms with E-state index in [1.807, 2.05) is 0 Å². The molecule has 2 rings (SSSR count). The van der Waals surface area contributed by atoms with E-state index in [9.17, 15) is 4.79 Å². The van der Waals surface area contributed by atoms with E-state index in [4.69, 9.17) is 10.5 Å². The molecule has 0 aliphatic heterocycles. The lowest BCUT2D eigenvalue weighted by molar-refractivity contribution is -0.153. The van der Waals surface area contributed by atoms with Crippen LogP contribution in [0.3, 0.4) is 0 Å². The molecule has 3 nitrogen and oxygen atoms in total. The maximum absolute atomic E-state index is 12.0. The lowest BCUT2D eigenvalue weighted by atomic mass is 9.80. The monoisotopic (exact) mass is 253 g/mol. The zero-order valence-corrected chi connectivity index (χ0v) is 11.8. The molecule has 0 aromatic rings. The zero-order valence-electron chi connectivity index (χ0n) is 11.8. The normalized spacial score (nSPS) is 35.4. The van der Waals surface area contributed by atoms with Gasteiger partial charge in [0.2, 0.25) is 0 Å². The van der Waals surface area contributed by atoms with Gasteiger partial charge >= 0.3 is 5.97 Å². The van der Waals surface area contributed by atoms with Crippen molar-refractivity contribution in [2.45, 2.75) is 76.9 Å². The molecule has 3 heteroatoms. The third-order valence-electron chi connectivity index (χ3n) is 4.94. The largest absolute Gasteiger partial charge is 0.462 e. The zero-order chi connectivity index (χ0) is 13.2. The summed E-state index contributed by atoms with van der Waals surface area (Å²) in [5.41, 5.74) is 5.94. The van der Waals surface area contributed by atoms with Crippen molar-refractivity contribution in [3.63, 3.8) is 0 Å². The Morgan fingerprint density at radius 2 is 1.89 bits per heavy atom. The molecule has 3 unspecified atom stereocenters. The van der Waals surface area contributed by atoms with Crippen molar-refractivity contribution in [1.82, 2.24) is 0 Å². The molecule has 0 radical (unpaired) electrons. The van der Waals surface area contributed by atoms with Crippen LogP contribution in [-0.4, -0.2) is 17.6 Å². The van der Waals surface area contributed by atoms with E-state index in [2.05, 4.69) is 13.8 Å². The predicted molar refractivity (Wildman–Crippen MR) is 72.1 cm³/mol. The highest BCUT2D eigenvalue weighted by Crippen LogP contribution is 2.33. The molecule has 0 amide bonds. The van der Waals surface area contributed by atoms with E-state index >= 15 is 0 Å². The first-order valence-electron chi connectivity index (χ1n) is 7.47. The van der Waals surface area contributed by atoms with Crippen LogP contribution in [0.4, 0.5) is 0 Å². The van der Waals surface area contributed by atoms with E-state index < -0.39 is 0 Å². The third kappa shape index (κ3) is 3.47. The fourth-order valence-corrected chi connectivity index (χ4v) is 3.38. The minimum atomic E-state index is -0.273. The van der Waals surface area contributed by atoms with Crippen LogP contribution in [0, 0.1) is 11.8 Å². The van der Waals surface area contributed by atoms with Gasteiger partial charge in [0.25, 0.3) is 0 Å². The molecule has 104 valence electrons. The van der Waals surface area contributed by atoms with Crippen molar-refractivity contribution in [2.24, 2.45) is 17.6 Å². The van der Waals surface area contributed by atoms with Crippen LogP contribution in [0.5, 0.6) is 0 Å². The number of hydrogen-bond donors (Lipinski definition) is 1. The Balaban J connectivity index is 1.77. The van der Waals surface area contributed by atoms with Crippen molar-refractivity contribution < 1.29 is 9.53 Å². The first kappa shape index (κ1) is 13.9. The van der Waals surface area contributed by atoms with Crippen LogP contribution in [0.15, 0.2) is 0 Å². The molecule has 0 heterocycles. The van der Waals surface area contributed by atoms with E-state index in [0.29, 0.717) is 12.3 Å². The van der Waals surface area contributed by atoms with Gasteiger partial charge in [0.15, 0.2) is 0 Å². The van der Waals surface area contributed by atoms with Gasteiger partial charge in [-0.05, 0) is 43.9 Å². The minimum Gasteiger partial charge on any atom is -0.462 e. The molecule has 3 atom stereocenters. The summed E-state index contributed by atoms with van der Waals surface area (Å²) in [7, 11) is 0. The van der Waals surface area contributed by atoms with Crippen molar-refractivity contribution >= 4 is 5.97 Å². The van der Waals surface area contributed by atoms with Crippen molar-refractivity contribution in [3.8, 4) is 0 Å². The maximum atomic E-state index is 12.0. The van der Waals surface area contributed by atoms with Gasteiger partial charge in [-0.1, -0.05) is 26.7 Å². The number of carbonyl (C=O) groups excluding carboxylic acids is 1. The van der Waals surface area contributed by atoms with Gasteiger partial charge < -0.3 is 10.5 Å². The van der Waals surface area contributed by atoms with Crippen LogP contribution in [0.25, 0.3) is 0 Å². The number of rotatable bonds is 3. The molecule has 0 spiro atoms. The number of hydrogen-bond acceptors (Lipinski definition) is 3. The summed E-state index contributed by atoms with van der Waals surface area (Å²) in [4.78, 5) is 12.0. The van der Waals surface area contributed by atoms with E-state index in [1.54, 1.807) is 0 Å². The van der Waals surface area contributed by atoms with Gasteiger partial charge in [-0.3, -0.25) is 4.79 Å². The van der Waals surface area contributed by atoms with Gasteiger partial charge in [-0.25, -0.2) is 0 Å². The fraction of sp³-hybridized carbons (Fsp3) is 0.933. The minimum absolute atomic E-state index is 0.0776. The second-order valence-electron chi connectivity index (χ2n) is 6.63. The van der Waals surface area contributed by atoms with Crippen LogP contribution in [0.1, 0.15) is 65.2 Å². The molecule has 2 aliphatic carbocycles. The van der Waals surface area contributed by atoms with Crippen LogP contribution >= 0.6 is 0 Å². The Morgan fingerprint density at radius 1 is 1.22 bits per heavy atom. The Bertz CT molecular complexity index is 297. The van der Waals surface area contributed by atoms with Gasteiger partial charge in [0.05, 0.1) is 6.42 Å². The smallest absolute Gasteiger partial charge is 0.307 e. The van der Waals surface area contributed by atoms with E-state index in [0.717, 1.165) is 44.4 Å². The Morgan fingerprint density at radius 3 is 2.50 bits per heavy atom. The average molecular weight is 253 g/mol. The molecular weight excluding hydrogens is 226 g/mol. The highest BCUT2D eigenvalue weighted by Gasteiger charge is 2.34. The maximum Gasteiger partial charge on any atom is 0.307 e. The van der Waals surface area contributed by atoms with E-state index in [-0.39, 0.29) is 17.6 Å². The second-order valence-corrected chi connectivity index (χ2v) is 6.63. The number of esters is 1. The number of carbonyl (C=O) groups is 1. The third-order valence-corrected chi connectivity index (χ3v) is 4.94. The summed E-state index contributed by atoms with van der Waals surface area (Å²) in [6, 6.07) is 0. The summed E-state index contributed by atoms with van der Waals surface area (Å²) in [5.74, 6) is 1.34. The van der Waals surface area contributed by atoms with Gasteiger partial charge in [0.1, 0.15) is 6.10 Å². The predicted octanol–water partition coefficient (Wildman–Crippen LogP) is 3.02. The quantitative estimate of drug-likeness (QED) is 0.787. The molecule has 18 heavy (non-hydrogen) atoms. The van der Waals surface area contributed by atoms with E-state index in [1.165, 1.54) is 6.42 Å². The Labute approximate surface area is 110 Å². The molecule has 2 fully saturated rings. The van der Waals surface area contributed by atoms with Gasteiger partial charge in [-0.2, -0.15) is 0 Å². The first-order chi connectivity index (χ1) is 8.48. The lowest BCUT2D eigenvalue weighted by Crippen LogP contribution is -2.40. The molecule has 0 saturated heterocycles. The molecule has 0 aromatic carbocycles. The number of nitrogens with two attached hydrogens (primary N) is 1. The van der Waals surface area contributed by atoms with Crippen molar-refractivity contribution in [3.05, 3.63) is 0 Å². The van der Waals surface area contributed by atoms with Gasteiger partial charge in [-0.15, -0.1) is 0 Å². The van der Waals surface area contributed by atoms with Crippen LogP contribution in [0.2, 0.25) is 0 Å². The Kier molecular flexibility index (Phi) is 4.31. The van der Waals surface area contributed by atoms with Crippen LogP contribution in [-0.2, 0) is 9.53 Å². The second kappa shape index (κ2) is 5.60. The molecule has 0 aromatic heterocycles. The fourth-order valence-electron chi connectivity index (χ4n) is 3.38. The molecule has 2 saturated carbocycles. The summed E-state index contributed by atoms with van der Waals surface area (Å²) in [5, 5.41) is 0. The van der Waals surface area contributed by atoms with Gasteiger partial charge in [0, 0.05) is 5.54 Å². The molecule has 2 aliphatic rings. The summed E-state index contributed by atoms with van der Waals surface area (Å²) in [6.07, 6.45) is 8.01. The standard InChI is InChI=1S/C15H27NO2/c1-11-5-6-13(9-12(11)2)18-14(17)10-15(16)7-3-4-8-15/h11-13H,3-10,16H2,1-2H3. The topological polar surface area (TPSA) is 52.3 Å². The average Bonchev–Trinajstić information content (AvgIpc) is 2.70. The summed E-state index contributed by atoms with van der Waals surface area (Å²) < 4.78 is 5.62. The highest BCUT2D eigenvalue weighted by atomic mass is 16.5.